The zero-order valence-electron chi connectivity index (χ0n) is 13.0. The van der Waals surface area contributed by atoms with E-state index in [1.54, 1.807) is 19.1 Å². The molecule has 1 N–H and O–H groups in total. The summed E-state index contributed by atoms with van der Waals surface area (Å²) in [5.41, 5.74) is 1.78. The van der Waals surface area contributed by atoms with Gasteiger partial charge in [-0.05, 0) is 18.9 Å². The van der Waals surface area contributed by atoms with E-state index in [-0.39, 0.29) is 11.3 Å². The van der Waals surface area contributed by atoms with Crippen molar-refractivity contribution in [2.75, 3.05) is 0 Å². The molecule has 0 amide bonds. The summed E-state index contributed by atoms with van der Waals surface area (Å²) in [6, 6.07) is 4.65. The number of hydrogen-bond acceptors (Lipinski definition) is 3. The topological polar surface area (TPSA) is 63.3 Å². The lowest BCUT2D eigenvalue weighted by Crippen LogP contribution is -2.06. The average molecular weight is 337 g/mol. The Labute approximate surface area is 137 Å². The molecule has 0 saturated heterocycles. The number of halogens is 1. The fourth-order valence-electron chi connectivity index (χ4n) is 3.24. The molecule has 0 spiro atoms. The van der Waals surface area contributed by atoms with E-state index in [9.17, 15) is 8.60 Å². The number of hydrogen-bond donors (Lipinski definition) is 1. The van der Waals surface area contributed by atoms with Crippen molar-refractivity contribution in [2.45, 2.75) is 50.7 Å². The van der Waals surface area contributed by atoms with Crippen LogP contribution in [-0.4, -0.2) is 13.7 Å². The van der Waals surface area contributed by atoms with Crippen LogP contribution >= 0.6 is 0 Å². The Hall–Kier alpha value is -1.53. The van der Waals surface area contributed by atoms with E-state index in [0.717, 1.165) is 18.5 Å². The van der Waals surface area contributed by atoms with Crippen LogP contribution in [0.15, 0.2) is 22.6 Å². The molecule has 4 nitrogen and oxygen atoms in total. The Kier molecular flexibility index (Phi) is 4.92. The molecule has 124 valence electrons. The van der Waals surface area contributed by atoms with E-state index in [0.29, 0.717) is 23.1 Å². The summed E-state index contributed by atoms with van der Waals surface area (Å²) in [4.78, 5) is 4.53. The molecule has 1 heterocycles. The molecule has 1 aromatic heterocycles. The van der Waals surface area contributed by atoms with Crippen LogP contribution in [-0.2, 0) is 16.8 Å². The molecule has 6 heteroatoms. The van der Waals surface area contributed by atoms with Gasteiger partial charge in [-0.3, -0.25) is 0 Å². The normalized spacial score (nSPS) is 17.3. The van der Waals surface area contributed by atoms with Crippen LogP contribution in [0.1, 0.15) is 55.2 Å². The Bertz CT molecular complexity index is 723. The Morgan fingerprint density at radius 1 is 1.35 bits per heavy atom. The molecule has 1 atom stereocenters. The van der Waals surface area contributed by atoms with Crippen LogP contribution in [0.3, 0.4) is 0 Å². The van der Waals surface area contributed by atoms with Gasteiger partial charge in [-0.2, -0.15) is 0 Å². The second kappa shape index (κ2) is 6.93. The lowest BCUT2D eigenvalue weighted by Gasteiger charge is -2.20. The third-order valence-electron chi connectivity index (χ3n) is 4.35. The van der Waals surface area contributed by atoms with Crippen LogP contribution in [0, 0.1) is 12.7 Å². The molecule has 1 aliphatic carbocycles. The molecule has 2 aromatic rings. The highest BCUT2D eigenvalue weighted by atomic mass is 32.2. The number of rotatable bonds is 4. The van der Waals surface area contributed by atoms with Crippen LogP contribution in [0.5, 0.6) is 0 Å². The first-order chi connectivity index (χ1) is 11.0. The summed E-state index contributed by atoms with van der Waals surface area (Å²) >= 11 is -2.06. The van der Waals surface area contributed by atoms with Crippen molar-refractivity contribution < 1.29 is 17.6 Å². The maximum absolute atomic E-state index is 14.2. The molecule has 1 aliphatic rings. The van der Waals surface area contributed by atoms with Gasteiger partial charge in [-0.1, -0.05) is 31.4 Å². The Morgan fingerprint density at radius 2 is 2.09 bits per heavy atom. The molecular weight excluding hydrogens is 317 g/mol. The van der Waals surface area contributed by atoms with Crippen molar-refractivity contribution in [1.29, 1.82) is 0 Å². The van der Waals surface area contributed by atoms with Crippen molar-refractivity contribution in [3.05, 3.63) is 41.2 Å². The molecule has 3 rings (SSSR count). The summed E-state index contributed by atoms with van der Waals surface area (Å²) in [5.74, 6) is 0.876. The van der Waals surface area contributed by atoms with Crippen LogP contribution < -0.4 is 0 Å². The van der Waals surface area contributed by atoms with Gasteiger partial charge in [0.2, 0.25) is 0 Å². The predicted molar refractivity (Wildman–Crippen MR) is 86.9 cm³/mol. The molecule has 1 saturated carbocycles. The molecule has 0 radical (unpaired) electrons. The zero-order valence-corrected chi connectivity index (χ0v) is 13.9. The highest BCUT2D eigenvalue weighted by Crippen LogP contribution is 2.38. The summed E-state index contributed by atoms with van der Waals surface area (Å²) in [5, 5.41) is 0. The maximum atomic E-state index is 14.2. The Morgan fingerprint density at radius 3 is 2.74 bits per heavy atom. The van der Waals surface area contributed by atoms with Crippen molar-refractivity contribution >= 4 is 11.1 Å². The second-order valence-corrected chi connectivity index (χ2v) is 6.99. The summed E-state index contributed by atoms with van der Waals surface area (Å²) in [6.45, 7) is 1.80. The van der Waals surface area contributed by atoms with Crippen molar-refractivity contribution in [1.82, 2.24) is 4.98 Å². The van der Waals surface area contributed by atoms with Gasteiger partial charge < -0.3 is 8.97 Å². The summed E-state index contributed by atoms with van der Waals surface area (Å²) in [6.07, 6.45) is 5.80. The largest absolute Gasteiger partial charge is 0.441 e. The van der Waals surface area contributed by atoms with Gasteiger partial charge in [0.1, 0.15) is 5.82 Å². The molecule has 1 aromatic carbocycles. The molecule has 23 heavy (non-hydrogen) atoms. The Balaban J connectivity index is 1.95. The average Bonchev–Trinajstić information content (AvgIpc) is 2.92. The fraction of sp³-hybridized carbons (Fsp3) is 0.471. The minimum atomic E-state index is -2.06. The number of nitrogens with zero attached hydrogens (tertiary/aromatic N) is 1. The van der Waals surface area contributed by atoms with E-state index >= 15 is 0 Å². The molecule has 1 fully saturated rings. The van der Waals surface area contributed by atoms with Gasteiger partial charge in [0.15, 0.2) is 22.7 Å². The second-order valence-electron chi connectivity index (χ2n) is 6.05. The van der Waals surface area contributed by atoms with E-state index < -0.39 is 16.9 Å². The van der Waals surface area contributed by atoms with Crippen molar-refractivity contribution in [2.24, 2.45) is 0 Å². The minimum Gasteiger partial charge on any atom is -0.441 e. The van der Waals surface area contributed by atoms with Crippen molar-refractivity contribution in [3.63, 3.8) is 0 Å². The number of benzene rings is 1. The highest BCUT2D eigenvalue weighted by molar-refractivity contribution is 7.78. The van der Waals surface area contributed by atoms with Gasteiger partial charge in [0, 0.05) is 24.0 Å². The van der Waals surface area contributed by atoms with E-state index in [1.165, 1.54) is 25.3 Å². The first kappa shape index (κ1) is 16.3. The van der Waals surface area contributed by atoms with Crippen LogP contribution in [0.25, 0.3) is 11.3 Å². The lowest BCUT2D eigenvalue weighted by molar-refractivity contribution is 0.436. The first-order valence-corrected chi connectivity index (χ1v) is 9.15. The SMILES string of the molecule is Cc1nc(C2CCCCC2)c(-c2ccc(CS(=O)O)c(F)c2)o1. The summed E-state index contributed by atoms with van der Waals surface area (Å²) in [7, 11) is 0. The monoisotopic (exact) mass is 337 g/mol. The van der Waals surface area contributed by atoms with Crippen molar-refractivity contribution in [3.8, 4) is 11.3 Å². The number of aryl methyl sites for hydroxylation is 1. The zero-order chi connectivity index (χ0) is 16.4. The minimum absolute atomic E-state index is 0.211. The lowest BCUT2D eigenvalue weighted by atomic mass is 9.85. The standard InChI is InChI=1S/C17H20FNO3S/c1-11-19-16(12-5-3-2-4-6-12)17(22-11)13-7-8-14(10-23(20)21)15(18)9-13/h7-9,12H,2-6,10H2,1H3,(H,20,21). The van der Waals surface area contributed by atoms with E-state index in [2.05, 4.69) is 4.98 Å². The van der Waals surface area contributed by atoms with Gasteiger partial charge in [-0.15, -0.1) is 0 Å². The molecule has 0 bridgehead atoms. The quantitative estimate of drug-likeness (QED) is 0.831. The third kappa shape index (κ3) is 3.70. The van der Waals surface area contributed by atoms with E-state index in [1.807, 2.05) is 0 Å². The van der Waals surface area contributed by atoms with Gasteiger partial charge in [0.05, 0.1) is 11.4 Å². The maximum Gasteiger partial charge on any atom is 0.192 e. The molecule has 1 unspecified atom stereocenters. The first-order valence-electron chi connectivity index (χ1n) is 7.88. The fourth-order valence-corrected chi connectivity index (χ4v) is 3.74. The molecule has 0 aliphatic heterocycles. The van der Waals surface area contributed by atoms with Gasteiger partial charge in [0.25, 0.3) is 0 Å². The number of aromatic nitrogens is 1. The highest BCUT2D eigenvalue weighted by Gasteiger charge is 2.24. The smallest absolute Gasteiger partial charge is 0.192 e. The van der Waals surface area contributed by atoms with E-state index in [4.69, 9.17) is 8.97 Å². The van der Waals surface area contributed by atoms with Crippen LogP contribution in [0.4, 0.5) is 4.39 Å². The number of oxazole rings is 1. The molecular formula is C17H20FNO3S. The van der Waals surface area contributed by atoms with Crippen LogP contribution in [0.2, 0.25) is 0 Å². The van der Waals surface area contributed by atoms with Gasteiger partial charge >= 0.3 is 0 Å². The predicted octanol–water partition coefficient (Wildman–Crippen LogP) is 4.56. The third-order valence-corrected chi connectivity index (χ3v) is 4.90. The summed E-state index contributed by atoms with van der Waals surface area (Å²) < 4.78 is 39.7. The van der Waals surface area contributed by atoms with Gasteiger partial charge in [-0.25, -0.2) is 13.6 Å².